The average Bonchev–Trinajstić information content (AvgIpc) is 2.73. The van der Waals surface area contributed by atoms with Crippen LogP contribution in [0.5, 0.6) is 0 Å². The number of piperidine rings is 1. The maximum Gasteiger partial charge on any atom is 0.307 e. The number of thioether (sulfide) groups is 1. The summed E-state index contributed by atoms with van der Waals surface area (Å²) in [5, 5.41) is 3.38. The highest BCUT2D eigenvalue weighted by Crippen LogP contribution is 2.35. The Kier molecular flexibility index (Phi) is 11.7. The lowest BCUT2D eigenvalue weighted by Crippen LogP contribution is -2.43. The Bertz CT molecular complexity index is 529. The molecular formula is C24H39NO2S. The summed E-state index contributed by atoms with van der Waals surface area (Å²) in [6.07, 6.45) is 13.1. The van der Waals surface area contributed by atoms with Crippen molar-refractivity contribution in [2.45, 2.75) is 83.2 Å². The van der Waals surface area contributed by atoms with E-state index in [1.54, 1.807) is 0 Å². The average molecular weight is 406 g/mol. The van der Waals surface area contributed by atoms with Crippen molar-refractivity contribution >= 4 is 17.7 Å². The van der Waals surface area contributed by atoms with Crippen LogP contribution < -0.4 is 5.32 Å². The molecule has 1 N–H and O–H groups in total. The van der Waals surface area contributed by atoms with Crippen LogP contribution in [0, 0.1) is 0 Å². The van der Waals surface area contributed by atoms with Crippen molar-refractivity contribution in [3.8, 4) is 0 Å². The van der Waals surface area contributed by atoms with Gasteiger partial charge in [0, 0.05) is 18.6 Å². The number of benzene rings is 1. The molecular weight excluding hydrogens is 366 g/mol. The van der Waals surface area contributed by atoms with E-state index < -0.39 is 5.60 Å². The zero-order valence-corrected chi connectivity index (χ0v) is 18.5. The quantitative estimate of drug-likeness (QED) is 0.301. The van der Waals surface area contributed by atoms with Crippen LogP contribution in [0.15, 0.2) is 30.3 Å². The topological polar surface area (TPSA) is 38.3 Å². The van der Waals surface area contributed by atoms with E-state index in [0.717, 1.165) is 43.0 Å². The van der Waals surface area contributed by atoms with E-state index in [9.17, 15) is 4.79 Å². The van der Waals surface area contributed by atoms with Gasteiger partial charge in [-0.15, -0.1) is 0 Å². The van der Waals surface area contributed by atoms with Crippen molar-refractivity contribution in [3.05, 3.63) is 35.9 Å². The fourth-order valence-electron chi connectivity index (χ4n) is 3.89. The first-order valence-electron chi connectivity index (χ1n) is 11.3. The number of hydrogen-bond acceptors (Lipinski definition) is 4. The van der Waals surface area contributed by atoms with E-state index in [2.05, 4.69) is 24.4 Å². The number of unbranched alkanes of at least 4 members (excludes halogenated alkanes) is 7. The first-order chi connectivity index (χ1) is 13.8. The van der Waals surface area contributed by atoms with Crippen LogP contribution in [0.1, 0.15) is 83.1 Å². The molecule has 4 heteroatoms. The minimum Gasteiger partial charge on any atom is -0.454 e. The van der Waals surface area contributed by atoms with Gasteiger partial charge in [-0.05, 0) is 30.8 Å². The summed E-state index contributed by atoms with van der Waals surface area (Å²) in [5.74, 6) is 1.99. The summed E-state index contributed by atoms with van der Waals surface area (Å²) in [5.41, 5.74) is 0.697. The Morgan fingerprint density at radius 2 is 1.61 bits per heavy atom. The van der Waals surface area contributed by atoms with Gasteiger partial charge < -0.3 is 10.1 Å². The van der Waals surface area contributed by atoms with Crippen molar-refractivity contribution in [3.63, 3.8) is 0 Å². The third-order valence-corrected chi connectivity index (χ3v) is 6.68. The zero-order chi connectivity index (χ0) is 19.9. The number of nitrogens with one attached hydrogen (secondary N) is 1. The molecule has 1 aromatic rings. The van der Waals surface area contributed by atoms with Crippen molar-refractivity contribution < 1.29 is 9.53 Å². The molecule has 0 saturated carbocycles. The van der Waals surface area contributed by atoms with Gasteiger partial charge in [-0.25, -0.2) is 0 Å². The molecule has 1 saturated heterocycles. The van der Waals surface area contributed by atoms with Crippen molar-refractivity contribution in [1.29, 1.82) is 0 Å². The molecule has 0 atom stereocenters. The van der Waals surface area contributed by atoms with Gasteiger partial charge in [-0.1, -0.05) is 82.2 Å². The molecule has 2 rings (SSSR count). The normalized spacial score (nSPS) is 16.0. The van der Waals surface area contributed by atoms with Gasteiger partial charge in [0.15, 0.2) is 0 Å². The predicted octanol–water partition coefficient (Wildman–Crippen LogP) is 6.07. The van der Waals surface area contributed by atoms with Crippen LogP contribution in [0.4, 0.5) is 0 Å². The second kappa shape index (κ2) is 14.1. The fraction of sp³-hybridized carbons (Fsp3) is 0.708. The molecule has 1 aromatic carbocycles. The van der Waals surface area contributed by atoms with E-state index in [4.69, 9.17) is 4.74 Å². The first-order valence-corrected chi connectivity index (χ1v) is 12.5. The monoisotopic (exact) mass is 405 g/mol. The van der Waals surface area contributed by atoms with E-state index in [1.807, 2.05) is 30.0 Å². The lowest BCUT2D eigenvalue weighted by Gasteiger charge is -2.37. The van der Waals surface area contributed by atoms with Gasteiger partial charge in [0.25, 0.3) is 0 Å². The Labute approximate surface area is 176 Å². The highest BCUT2D eigenvalue weighted by Gasteiger charge is 2.37. The summed E-state index contributed by atoms with van der Waals surface area (Å²) in [4.78, 5) is 12.5. The zero-order valence-electron chi connectivity index (χ0n) is 17.7. The summed E-state index contributed by atoms with van der Waals surface area (Å²) >= 11 is 1.90. The minimum absolute atomic E-state index is 0.0471. The highest BCUT2D eigenvalue weighted by molar-refractivity contribution is 7.99. The third kappa shape index (κ3) is 8.57. The summed E-state index contributed by atoms with van der Waals surface area (Å²) < 4.78 is 6.06. The van der Waals surface area contributed by atoms with E-state index in [0.29, 0.717) is 6.42 Å². The predicted molar refractivity (Wildman–Crippen MR) is 121 cm³/mol. The molecule has 0 bridgehead atoms. The van der Waals surface area contributed by atoms with Gasteiger partial charge in [-0.3, -0.25) is 4.79 Å². The Morgan fingerprint density at radius 1 is 0.964 bits per heavy atom. The fourth-order valence-corrected chi connectivity index (χ4v) is 4.81. The molecule has 0 unspecified atom stereocenters. The Balaban J connectivity index is 1.59. The van der Waals surface area contributed by atoms with Crippen LogP contribution in [-0.4, -0.2) is 30.6 Å². The van der Waals surface area contributed by atoms with Gasteiger partial charge in [0.05, 0.1) is 6.42 Å². The SMILES string of the molecule is CCCCCCCCCCSCCC(=O)OC1(c2ccccc2)CCNCC1. The van der Waals surface area contributed by atoms with Gasteiger partial charge >= 0.3 is 5.97 Å². The third-order valence-electron chi connectivity index (χ3n) is 5.61. The molecule has 1 aliphatic heterocycles. The number of carbonyl (C=O) groups excluding carboxylic acids is 1. The maximum absolute atomic E-state index is 12.5. The lowest BCUT2D eigenvalue weighted by atomic mass is 9.85. The minimum atomic E-state index is -0.438. The molecule has 1 heterocycles. The molecule has 1 fully saturated rings. The second-order valence-corrected chi connectivity index (χ2v) is 9.15. The van der Waals surface area contributed by atoms with Crippen LogP contribution in [0.3, 0.4) is 0 Å². The number of hydrogen-bond donors (Lipinski definition) is 1. The second-order valence-electron chi connectivity index (χ2n) is 7.92. The van der Waals surface area contributed by atoms with E-state index in [1.165, 1.54) is 51.4 Å². The number of ether oxygens (including phenoxy) is 1. The molecule has 0 spiro atoms. The van der Waals surface area contributed by atoms with Crippen molar-refractivity contribution in [1.82, 2.24) is 5.32 Å². The van der Waals surface area contributed by atoms with Crippen LogP contribution in [-0.2, 0) is 15.1 Å². The molecule has 3 nitrogen and oxygen atoms in total. The molecule has 0 aromatic heterocycles. The lowest BCUT2D eigenvalue weighted by molar-refractivity contribution is -0.163. The molecule has 0 aliphatic carbocycles. The number of rotatable bonds is 14. The van der Waals surface area contributed by atoms with Crippen LogP contribution >= 0.6 is 11.8 Å². The Hall–Kier alpha value is -1.00. The first kappa shape index (κ1) is 23.3. The molecule has 28 heavy (non-hydrogen) atoms. The molecule has 158 valence electrons. The van der Waals surface area contributed by atoms with Crippen molar-refractivity contribution in [2.75, 3.05) is 24.6 Å². The number of carbonyl (C=O) groups is 1. The molecule has 0 radical (unpaired) electrons. The summed E-state index contributed by atoms with van der Waals surface area (Å²) in [6, 6.07) is 10.3. The maximum atomic E-state index is 12.5. The molecule has 0 amide bonds. The van der Waals surface area contributed by atoms with Gasteiger partial charge in [-0.2, -0.15) is 11.8 Å². The summed E-state index contributed by atoms with van der Waals surface area (Å²) in [7, 11) is 0. The van der Waals surface area contributed by atoms with Crippen LogP contribution in [0.25, 0.3) is 0 Å². The smallest absolute Gasteiger partial charge is 0.307 e. The summed E-state index contributed by atoms with van der Waals surface area (Å²) in [6.45, 7) is 4.06. The Morgan fingerprint density at radius 3 is 2.29 bits per heavy atom. The highest BCUT2D eigenvalue weighted by atomic mass is 32.2. The largest absolute Gasteiger partial charge is 0.454 e. The standard InChI is InChI=1S/C24H39NO2S/c1-2-3-4-5-6-7-8-12-20-28-21-15-23(26)27-24(16-18-25-19-17-24)22-13-10-9-11-14-22/h9-11,13-14,25H,2-8,12,15-21H2,1H3. The molecule has 1 aliphatic rings. The number of esters is 1. The van der Waals surface area contributed by atoms with E-state index in [-0.39, 0.29) is 5.97 Å². The van der Waals surface area contributed by atoms with Gasteiger partial charge in [0.2, 0.25) is 0 Å². The van der Waals surface area contributed by atoms with Crippen LogP contribution in [0.2, 0.25) is 0 Å². The van der Waals surface area contributed by atoms with Crippen molar-refractivity contribution in [2.24, 2.45) is 0 Å². The van der Waals surface area contributed by atoms with Gasteiger partial charge in [0.1, 0.15) is 5.60 Å². The van der Waals surface area contributed by atoms with E-state index >= 15 is 0 Å².